The summed E-state index contributed by atoms with van der Waals surface area (Å²) in [5.41, 5.74) is 3.80. The molecule has 0 spiro atoms. The third-order valence-electron chi connectivity index (χ3n) is 2.84. The molecule has 4 nitrogen and oxygen atoms in total. The lowest BCUT2D eigenvalue weighted by Crippen LogP contribution is -2.55. The van der Waals surface area contributed by atoms with Crippen molar-refractivity contribution < 1.29 is 14.7 Å². The summed E-state index contributed by atoms with van der Waals surface area (Å²) < 4.78 is 0. The van der Waals surface area contributed by atoms with Gasteiger partial charge in [0.1, 0.15) is 0 Å². The first-order valence-corrected chi connectivity index (χ1v) is 4.82. The second-order valence-corrected chi connectivity index (χ2v) is 3.73. The van der Waals surface area contributed by atoms with Gasteiger partial charge in [-0.15, -0.1) is 6.58 Å². The summed E-state index contributed by atoms with van der Waals surface area (Å²) in [5.74, 6) is -1.30. The molecule has 0 saturated carbocycles. The molecule has 2 rings (SSSR count). The molecular weight excluding hydrogens is 206 g/mol. The van der Waals surface area contributed by atoms with Gasteiger partial charge in [-0.25, -0.2) is 0 Å². The van der Waals surface area contributed by atoms with Gasteiger partial charge in [-0.1, -0.05) is 30.3 Å². The number of benzene rings is 1. The lowest BCUT2D eigenvalue weighted by Gasteiger charge is -2.23. The van der Waals surface area contributed by atoms with E-state index in [1.165, 1.54) is 18.2 Å². The SMILES string of the molecule is C=CC(N)C1(O)C(=O)c2ccccc2C1=O. The zero-order valence-corrected chi connectivity index (χ0v) is 8.51. The van der Waals surface area contributed by atoms with Crippen LogP contribution in [0.3, 0.4) is 0 Å². The van der Waals surface area contributed by atoms with Crippen LogP contribution in [0.15, 0.2) is 36.9 Å². The number of Topliss-reactive ketones (excluding diaryl/α,β-unsaturated/α-hetero) is 2. The Morgan fingerprint density at radius 3 is 2.06 bits per heavy atom. The number of hydrogen-bond donors (Lipinski definition) is 2. The van der Waals surface area contributed by atoms with E-state index >= 15 is 0 Å². The minimum atomic E-state index is -2.19. The van der Waals surface area contributed by atoms with Crippen molar-refractivity contribution in [2.45, 2.75) is 11.6 Å². The Labute approximate surface area is 92.4 Å². The van der Waals surface area contributed by atoms with Gasteiger partial charge >= 0.3 is 0 Å². The van der Waals surface area contributed by atoms with Gasteiger partial charge in [0.2, 0.25) is 17.2 Å². The van der Waals surface area contributed by atoms with E-state index < -0.39 is 23.2 Å². The maximum Gasteiger partial charge on any atom is 0.209 e. The number of carbonyl (C=O) groups is 2. The van der Waals surface area contributed by atoms with E-state index in [1.54, 1.807) is 12.1 Å². The van der Waals surface area contributed by atoms with Crippen molar-refractivity contribution in [1.29, 1.82) is 0 Å². The van der Waals surface area contributed by atoms with Crippen molar-refractivity contribution >= 4 is 11.6 Å². The minimum absolute atomic E-state index is 0.215. The smallest absolute Gasteiger partial charge is 0.209 e. The van der Waals surface area contributed by atoms with Crippen LogP contribution in [0.1, 0.15) is 20.7 Å². The van der Waals surface area contributed by atoms with Crippen molar-refractivity contribution in [2.75, 3.05) is 0 Å². The molecule has 1 aliphatic rings. The third-order valence-corrected chi connectivity index (χ3v) is 2.84. The van der Waals surface area contributed by atoms with E-state index in [0.29, 0.717) is 0 Å². The largest absolute Gasteiger partial charge is 0.373 e. The Morgan fingerprint density at radius 2 is 1.69 bits per heavy atom. The van der Waals surface area contributed by atoms with Gasteiger partial charge in [-0.3, -0.25) is 9.59 Å². The molecule has 1 aromatic rings. The predicted octanol–water partition coefficient (Wildman–Crippen LogP) is 0.310. The summed E-state index contributed by atoms with van der Waals surface area (Å²) in [6.45, 7) is 3.39. The quantitative estimate of drug-likeness (QED) is 0.552. The van der Waals surface area contributed by atoms with Crippen molar-refractivity contribution in [1.82, 2.24) is 0 Å². The highest BCUT2D eigenvalue weighted by Gasteiger charge is 2.54. The van der Waals surface area contributed by atoms with E-state index in [4.69, 9.17) is 5.73 Å². The summed E-state index contributed by atoms with van der Waals surface area (Å²) in [6, 6.07) is 5.18. The molecule has 1 unspecified atom stereocenters. The average molecular weight is 217 g/mol. The molecule has 0 bridgehead atoms. The molecule has 3 N–H and O–H groups in total. The summed E-state index contributed by atoms with van der Waals surface area (Å²) in [7, 11) is 0. The molecule has 0 heterocycles. The molecule has 82 valence electrons. The molecule has 0 aliphatic heterocycles. The van der Waals surface area contributed by atoms with Gasteiger partial charge in [-0.2, -0.15) is 0 Å². The van der Waals surface area contributed by atoms with Crippen LogP contribution in [0, 0.1) is 0 Å². The van der Waals surface area contributed by atoms with Crippen LogP contribution in [-0.2, 0) is 0 Å². The van der Waals surface area contributed by atoms with Gasteiger partial charge in [0.25, 0.3) is 0 Å². The Balaban J connectivity index is 2.62. The summed E-state index contributed by atoms with van der Waals surface area (Å²) in [4.78, 5) is 23.9. The van der Waals surface area contributed by atoms with E-state index in [2.05, 4.69) is 6.58 Å². The number of aliphatic hydroxyl groups is 1. The van der Waals surface area contributed by atoms with Gasteiger partial charge in [-0.05, 0) is 0 Å². The third kappa shape index (κ3) is 1.11. The number of fused-ring (bicyclic) bond motifs is 1. The summed E-state index contributed by atoms with van der Waals surface area (Å²) in [5, 5.41) is 10.1. The fourth-order valence-electron chi connectivity index (χ4n) is 1.87. The van der Waals surface area contributed by atoms with Gasteiger partial charge < -0.3 is 10.8 Å². The Morgan fingerprint density at radius 1 is 1.25 bits per heavy atom. The van der Waals surface area contributed by atoms with E-state index in [1.807, 2.05) is 0 Å². The zero-order valence-electron chi connectivity index (χ0n) is 8.51. The lowest BCUT2D eigenvalue weighted by molar-refractivity contribution is 0.0291. The van der Waals surface area contributed by atoms with Crippen LogP contribution >= 0.6 is 0 Å². The van der Waals surface area contributed by atoms with Crippen LogP contribution in [0.25, 0.3) is 0 Å². The normalized spacial score (nSPS) is 19.4. The van der Waals surface area contributed by atoms with Crippen molar-refractivity contribution in [2.24, 2.45) is 5.73 Å². The lowest BCUT2D eigenvalue weighted by atomic mass is 9.89. The van der Waals surface area contributed by atoms with Crippen molar-refractivity contribution in [3.05, 3.63) is 48.0 Å². The Hall–Kier alpha value is -1.78. The molecule has 0 amide bonds. The topological polar surface area (TPSA) is 80.4 Å². The Bertz CT molecular complexity index is 458. The number of nitrogens with two attached hydrogens (primary N) is 1. The summed E-state index contributed by atoms with van der Waals surface area (Å²) in [6.07, 6.45) is 1.20. The van der Waals surface area contributed by atoms with Crippen LogP contribution < -0.4 is 5.73 Å². The van der Waals surface area contributed by atoms with Crippen LogP contribution in [0.5, 0.6) is 0 Å². The number of ketones is 2. The average Bonchev–Trinajstić information content (AvgIpc) is 2.52. The standard InChI is InChI=1S/C12H11NO3/c1-2-9(13)12(16)10(14)7-5-3-4-6-8(7)11(12)15/h2-6,9,16H,1,13H2. The first-order chi connectivity index (χ1) is 7.53. The highest BCUT2D eigenvalue weighted by Crippen LogP contribution is 2.31. The maximum atomic E-state index is 11.9. The molecule has 1 aromatic carbocycles. The monoisotopic (exact) mass is 217 g/mol. The molecule has 4 heteroatoms. The molecular formula is C12H11NO3. The Kier molecular flexibility index (Phi) is 2.26. The fourth-order valence-corrected chi connectivity index (χ4v) is 1.87. The fraction of sp³-hybridized carbons (Fsp3) is 0.167. The van der Waals surface area contributed by atoms with Gasteiger partial charge in [0.15, 0.2) is 0 Å². The van der Waals surface area contributed by atoms with E-state index in [0.717, 1.165) is 0 Å². The van der Waals surface area contributed by atoms with Crippen LogP contribution in [0.4, 0.5) is 0 Å². The van der Waals surface area contributed by atoms with Crippen molar-refractivity contribution in [3.63, 3.8) is 0 Å². The van der Waals surface area contributed by atoms with Gasteiger partial charge in [0, 0.05) is 11.1 Å². The minimum Gasteiger partial charge on any atom is -0.373 e. The molecule has 1 atom stereocenters. The van der Waals surface area contributed by atoms with Crippen LogP contribution in [-0.4, -0.2) is 28.3 Å². The number of hydrogen-bond acceptors (Lipinski definition) is 4. The first-order valence-electron chi connectivity index (χ1n) is 4.82. The molecule has 0 fully saturated rings. The molecule has 16 heavy (non-hydrogen) atoms. The number of carbonyl (C=O) groups excluding carboxylic acids is 2. The van der Waals surface area contributed by atoms with Crippen LogP contribution in [0.2, 0.25) is 0 Å². The van der Waals surface area contributed by atoms with Crippen molar-refractivity contribution in [3.8, 4) is 0 Å². The zero-order chi connectivity index (χ0) is 11.9. The van der Waals surface area contributed by atoms with E-state index in [9.17, 15) is 14.7 Å². The van der Waals surface area contributed by atoms with E-state index in [-0.39, 0.29) is 11.1 Å². The molecule has 0 saturated heterocycles. The number of rotatable bonds is 2. The highest BCUT2D eigenvalue weighted by molar-refractivity contribution is 6.32. The first kappa shape index (κ1) is 10.7. The maximum absolute atomic E-state index is 11.9. The van der Waals surface area contributed by atoms with Gasteiger partial charge in [0.05, 0.1) is 6.04 Å². The summed E-state index contributed by atoms with van der Waals surface area (Å²) >= 11 is 0. The molecule has 0 radical (unpaired) electrons. The molecule has 1 aliphatic carbocycles. The predicted molar refractivity (Wildman–Crippen MR) is 58.2 cm³/mol. The highest BCUT2D eigenvalue weighted by atomic mass is 16.3. The molecule has 0 aromatic heterocycles. The second kappa shape index (κ2) is 3.37. The second-order valence-electron chi connectivity index (χ2n) is 3.73.